The van der Waals surface area contributed by atoms with E-state index >= 15 is 0 Å². The predicted molar refractivity (Wildman–Crippen MR) is 193 cm³/mol. The first-order valence-corrected chi connectivity index (χ1v) is 16.6. The van der Waals surface area contributed by atoms with Crippen LogP contribution >= 0.6 is 34.0 Å². The fourth-order valence-electron chi connectivity index (χ4n) is 5.11. The molecule has 43 heavy (non-hydrogen) atoms. The van der Waals surface area contributed by atoms with Crippen LogP contribution in [0.3, 0.4) is 0 Å². The van der Waals surface area contributed by atoms with Gasteiger partial charge in [-0.1, -0.05) is 122 Å². The number of hydrogen-bond donors (Lipinski definition) is 0. The lowest BCUT2D eigenvalue weighted by atomic mass is 10.1. The van der Waals surface area contributed by atoms with E-state index in [1.165, 1.54) is 62.6 Å². The summed E-state index contributed by atoms with van der Waals surface area (Å²) < 4.78 is 0. The maximum absolute atomic E-state index is 3.85. The van der Waals surface area contributed by atoms with E-state index in [1.807, 2.05) is 46.2 Å². The second-order valence-corrected chi connectivity index (χ2v) is 13.5. The van der Waals surface area contributed by atoms with Crippen molar-refractivity contribution >= 4 is 46.2 Å². The van der Waals surface area contributed by atoms with Crippen molar-refractivity contribution in [1.82, 2.24) is 0 Å². The van der Waals surface area contributed by atoms with Gasteiger partial charge in [0.1, 0.15) is 0 Å². The standard InChI is InChI=1S/C40H28S3/c1-3-27-5-9-29(10-6-27)35-21-23-37(41-35)31-13-17-33(18-14-31)39-25-26-40(43-39)34-19-15-32(16-20-34)38-24-22-36(42-38)30-11-7-28(4-2)8-12-30/h3-26H,1-2H2. The Kier molecular flexibility index (Phi) is 7.61. The molecule has 7 rings (SSSR count). The highest BCUT2D eigenvalue weighted by molar-refractivity contribution is 7.19. The van der Waals surface area contributed by atoms with Gasteiger partial charge in [0.05, 0.1) is 0 Å². The number of rotatable bonds is 8. The van der Waals surface area contributed by atoms with Gasteiger partial charge in [-0.25, -0.2) is 0 Å². The fraction of sp³-hybridized carbons (Fsp3) is 0. The van der Waals surface area contributed by atoms with Crippen LogP contribution < -0.4 is 0 Å². The Morgan fingerprint density at radius 3 is 0.651 bits per heavy atom. The third kappa shape index (κ3) is 5.76. The Hall–Kier alpha value is -4.54. The largest absolute Gasteiger partial charge is 0.135 e. The molecule has 0 unspecified atom stereocenters. The Morgan fingerprint density at radius 1 is 0.279 bits per heavy atom. The minimum absolute atomic E-state index is 1.14. The van der Waals surface area contributed by atoms with Crippen LogP contribution in [0.5, 0.6) is 0 Å². The Balaban J connectivity index is 1.04. The van der Waals surface area contributed by atoms with Gasteiger partial charge in [-0.3, -0.25) is 0 Å². The molecule has 3 aromatic heterocycles. The van der Waals surface area contributed by atoms with Crippen LogP contribution in [-0.4, -0.2) is 0 Å². The van der Waals surface area contributed by atoms with Crippen molar-refractivity contribution in [2.24, 2.45) is 0 Å². The normalized spacial score (nSPS) is 11.0. The van der Waals surface area contributed by atoms with Gasteiger partial charge in [-0.15, -0.1) is 34.0 Å². The third-order valence-corrected chi connectivity index (χ3v) is 11.1. The first-order valence-electron chi connectivity index (χ1n) is 14.1. The molecule has 4 aromatic carbocycles. The van der Waals surface area contributed by atoms with Gasteiger partial charge in [0.15, 0.2) is 0 Å². The highest BCUT2D eigenvalue weighted by Gasteiger charge is 2.10. The van der Waals surface area contributed by atoms with Gasteiger partial charge in [0.25, 0.3) is 0 Å². The number of thiophene rings is 3. The monoisotopic (exact) mass is 604 g/mol. The van der Waals surface area contributed by atoms with E-state index in [9.17, 15) is 0 Å². The summed E-state index contributed by atoms with van der Waals surface area (Å²) in [5.41, 5.74) is 9.77. The molecular formula is C40H28S3. The summed E-state index contributed by atoms with van der Waals surface area (Å²) in [7, 11) is 0. The van der Waals surface area contributed by atoms with Crippen LogP contribution in [0.2, 0.25) is 0 Å². The van der Waals surface area contributed by atoms with E-state index in [-0.39, 0.29) is 0 Å². The van der Waals surface area contributed by atoms with E-state index < -0.39 is 0 Å². The van der Waals surface area contributed by atoms with E-state index in [4.69, 9.17) is 0 Å². The molecule has 0 radical (unpaired) electrons. The summed E-state index contributed by atoms with van der Waals surface area (Å²) in [6, 6.07) is 48.4. The molecule has 0 bridgehead atoms. The van der Waals surface area contributed by atoms with Gasteiger partial charge in [0.2, 0.25) is 0 Å². The summed E-state index contributed by atoms with van der Waals surface area (Å²) in [6.07, 6.45) is 3.76. The molecule has 0 aliphatic carbocycles. The third-order valence-electron chi connectivity index (χ3n) is 7.59. The van der Waals surface area contributed by atoms with Crippen LogP contribution in [0.1, 0.15) is 11.1 Å². The number of hydrogen-bond acceptors (Lipinski definition) is 3. The molecule has 0 aliphatic heterocycles. The van der Waals surface area contributed by atoms with Gasteiger partial charge in [0, 0.05) is 29.3 Å². The van der Waals surface area contributed by atoms with Gasteiger partial charge >= 0.3 is 0 Å². The molecule has 3 heteroatoms. The van der Waals surface area contributed by atoms with E-state index in [1.54, 1.807) is 0 Å². The minimum atomic E-state index is 1.14. The Labute approximate surface area is 265 Å². The fourth-order valence-corrected chi connectivity index (χ4v) is 8.16. The zero-order valence-electron chi connectivity index (χ0n) is 23.5. The average Bonchev–Trinajstić information content (AvgIpc) is 3.87. The minimum Gasteiger partial charge on any atom is -0.135 e. The first kappa shape index (κ1) is 27.3. The van der Waals surface area contributed by atoms with Crippen LogP contribution in [0.4, 0.5) is 0 Å². The van der Waals surface area contributed by atoms with Crippen molar-refractivity contribution < 1.29 is 0 Å². The summed E-state index contributed by atoms with van der Waals surface area (Å²) in [4.78, 5) is 7.69. The summed E-state index contributed by atoms with van der Waals surface area (Å²) in [5, 5.41) is 0. The quantitative estimate of drug-likeness (QED) is 0.162. The van der Waals surface area contributed by atoms with Crippen molar-refractivity contribution in [2.75, 3.05) is 0 Å². The van der Waals surface area contributed by atoms with Gasteiger partial charge in [-0.05, 0) is 80.9 Å². The smallest absolute Gasteiger partial charge is 0.0349 e. The molecule has 0 amide bonds. The molecule has 0 saturated heterocycles. The lowest BCUT2D eigenvalue weighted by Crippen LogP contribution is -1.75. The molecule has 0 saturated carbocycles. The summed E-state index contributed by atoms with van der Waals surface area (Å²) in [5.74, 6) is 0. The molecule has 0 spiro atoms. The molecule has 0 N–H and O–H groups in total. The Morgan fingerprint density at radius 2 is 0.465 bits per heavy atom. The highest BCUT2D eigenvalue weighted by Crippen LogP contribution is 2.39. The SMILES string of the molecule is C=Cc1ccc(-c2ccc(-c3ccc(-c4ccc(-c5ccc(-c6ccc(-c7ccc(C=C)cc7)s6)cc5)s4)cc3)s2)cc1. The molecule has 7 aromatic rings. The van der Waals surface area contributed by atoms with E-state index in [0.717, 1.165) is 11.1 Å². The second kappa shape index (κ2) is 12.0. The van der Waals surface area contributed by atoms with Crippen molar-refractivity contribution in [2.45, 2.75) is 0 Å². The van der Waals surface area contributed by atoms with Crippen LogP contribution in [-0.2, 0) is 0 Å². The molecule has 3 heterocycles. The molecular weight excluding hydrogens is 577 g/mol. The van der Waals surface area contributed by atoms with E-state index in [0.29, 0.717) is 0 Å². The molecule has 0 atom stereocenters. The summed E-state index contributed by atoms with van der Waals surface area (Å²) >= 11 is 5.50. The van der Waals surface area contributed by atoms with E-state index in [2.05, 4.69) is 147 Å². The lowest BCUT2D eigenvalue weighted by molar-refractivity contribution is 1.66. The zero-order chi connectivity index (χ0) is 29.2. The maximum atomic E-state index is 3.85. The summed E-state index contributed by atoms with van der Waals surface area (Å²) in [6.45, 7) is 7.70. The highest BCUT2D eigenvalue weighted by atomic mass is 32.1. The van der Waals surface area contributed by atoms with Crippen molar-refractivity contribution in [3.63, 3.8) is 0 Å². The molecule has 206 valence electrons. The first-order chi connectivity index (χ1) is 21.2. The second-order valence-electron chi connectivity index (χ2n) is 10.3. The van der Waals surface area contributed by atoms with Crippen LogP contribution in [0, 0.1) is 0 Å². The topological polar surface area (TPSA) is 0 Å². The molecule has 0 fully saturated rings. The Bertz CT molecular complexity index is 1860. The van der Waals surface area contributed by atoms with Crippen molar-refractivity contribution in [3.8, 4) is 62.6 Å². The molecule has 0 nitrogen and oxygen atoms in total. The average molecular weight is 605 g/mol. The number of benzene rings is 4. The zero-order valence-corrected chi connectivity index (χ0v) is 25.9. The van der Waals surface area contributed by atoms with Gasteiger partial charge < -0.3 is 0 Å². The maximum Gasteiger partial charge on any atom is 0.0349 e. The van der Waals surface area contributed by atoms with Gasteiger partial charge in [-0.2, -0.15) is 0 Å². The van der Waals surface area contributed by atoms with Crippen LogP contribution in [0.25, 0.3) is 74.8 Å². The predicted octanol–water partition coefficient (Wildman–Crippen LogP) is 13.2. The lowest BCUT2D eigenvalue weighted by Gasteiger charge is -2.03. The molecule has 0 aliphatic rings. The van der Waals surface area contributed by atoms with Crippen molar-refractivity contribution in [3.05, 3.63) is 158 Å². The van der Waals surface area contributed by atoms with Crippen molar-refractivity contribution in [1.29, 1.82) is 0 Å². The van der Waals surface area contributed by atoms with Crippen LogP contribution in [0.15, 0.2) is 147 Å².